The number of thioether (sulfide) groups is 1. The Labute approximate surface area is 118 Å². The number of rotatable bonds is 4. The Kier molecular flexibility index (Phi) is 6.37. The van der Waals surface area contributed by atoms with Crippen molar-refractivity contribution >= 4 is 11.8 Å². The quantitative estimate of drug-likeness (QED) is 0.748. The summed E-state index contributed by atoms with van der Waals surface area (Å²) in [5.41, 5.74) is 0. The number of hydrogen-bond donors (Lipinski definition) is 1. The Morgan fingerprint density at radius 2 is 1.56 bits per heavy atom. The molecule has 18 heavy (non-hydrogen) atoms. The summed E-state index contributed by atoms with van der Waals surface area (Å²) in [4.78, 5) is 0. The van der Waals surface area contributed by atoms with E-state index >= 15 is 0 Å². The van der Waals surface area contributed by atoms with Crippen LogP contribution in [0.4, 0.5) is 0 Å². The maximum atomic E-state index is 3.98. The van der Waals surface area contributed by atoms with E-state index in [0.717, 1.165) is 23.3 Å². The van der Waals surface area contributed by atoms with Crippen LogP contribution >= 0.6 is 11.8 Å². The highest BCUT2D eigenvalue weighted by Crippen LogP contribution is 2.29. The molecule has 2 aliphatic rings. The Balaban J connectivity index is 1.70. The molecule has 0 aromatic rings. The first-order valence-corrected chi connectivity index (χ1v) is 9.39. The van der Waals surface area contributed by atoms with Crippen LogP contribution in [0.3, 0.4) is 0 Å². The molecule has 2 rings (SSSR count). The molecule has 0 saturated heterocycles. The fraction of sp³-hybridized carbons (Fsp3) is 1.00. The highest BCUT2D eigenvalue weighted by Gasteiger charge is 2.24. The van der Waals surface area contributed by atoms with Gasteiger partial charge in [0.2, 0.25) is 0 Å². The first-order valence-electron chi connectivity index (χ1n) is 8.10. The zero-order chi connectivity index (χ0) is 12.8. The second kappa shape index (κ2) is 7.79. The lowest BCUT2D eigenvalue weighted by Crippen LogP contribution is -2.40. The summed E-state index contributed by atoms with van der Waals surface area (Å²) in [6, 6.07) is 1.66. The summed E-state index contributed by atoms with van der Waals surface area (Å²) in [6.07, 6.45) is 16.6. The van der Waals surface area contributed by atoms with Crippen molar-refractivity contribution in [3.8, 4) is 0 Å². The summed E-state index contributed by atoms with van der Waals surface area (Å²) in [6.45, 7) is 2.36. The molecule has 2 unspecified atom stereocenters. The van der Waals surface area contributed by atoms with Gasteiger partial charge in [0.15, 0.2) is 0 Å². The summed E-state index contributed by atoms with van der Waals surface area (Å²) in [7, 11) is 0. The van der Waals surface area contributed by atoms with Crippen LogP contribution in [0.25, 0.3) is 0 Å². The Bertz CT molecular complexity index is 223. The first kappa shape index (κ1) is 14.7. The van der Waals surface area contributed by atoms with Gasteiger partial charge in [-0.15, -0.1) is 0 Å². The lowest BCUT2D eigenvalue weighted by molar-refractivity contribution is 0.321. The minimum Gasteiger partial charge on any atom is -0.311 e. The fourth-order valence-corrected chi connectivity index (χ4v) is 4.50. The maximum Gasteiger partial charge on any atom is 0.00704 e. The predicted octanol–water partition coefficient (Wildman–Crippen LogP) is 4.61. The van der Waals surface area contributed by atoms with E-state index in [0.29, 0.717) is 0 Å². The second-order valence-corrected chi connectivity index (χ2v) is 7.49. The van der Waals surface area contributed by atoms with Gasteiger partial charge < -0.3 is 5.32 Å². The molecule has 1 nitrogen and oxygen atoms in total. The average Bonchev–Trinajstić information content (AvgIpc) is 2.65. The van der Waals surface area contributed by atoms with Crippen molar-refractivity contribution in [2.45, 2.75) is 88.5 Å². The normalized spacial score (nSPS) is 38.3. The topological polar surface area (TPSA) is 12.0 Å². The van der Waals surface area contributed by atoms with E-state index in [1.165, 1.54) is 64.2 Å². The fourth-order valence-electron chi connectivity index (χ4n) is 3.75. The van der Waals surface area contributed by atoms with E-state index in [1.54, 1.807) is 0 Å². The van der Waals surface area contributed by atoms with E-state index in [2.05, 4.69) is 30.3 Å². The Morgan fingerprint density at radius 3 is 2.22 bits per heavy atom. The van der Waals surface area contributed by atoms with Gasteiger partial charge in [-0.1, -0.05) is 26.2 Å². The molecule has 2 atom stereocenters. The molecule has 1 N–H and O–H groups in total. The molecule has 106 valence electrons. The van der Waals surface area contributed by atoms with E-state index in [1.807, 2.05) is 0 Å². The van der Waals surface area contributed by atoms with Crippen LogP contribution in [0.1, 0.15) is 71.1 Å². The maximum absolute atomic E-state index is 3.98. The molecule has 2 fully saturated rings. The van der Waals surface area contributed by atoms with Gasteiger partial charge in [-0.2, -0.15) is 11.8 Å². The highest BCUT2D eigenvalue weighted by atomic mass is 32.2. The van der Waals surface area contributed by atoms with E-state index < -0.39 is 0 Å². The number of hydrogen-bond acceptors (Lipinski definition) is 2. The number of nitrogens with one attached hydrogen (secondary N) is 1. The van der Waals surface area contributed by atoms with Crippen molar-refractivity contribution in [3.63, 3.8) is 0 Å². The minimum atomic E-state index is 0.830. The van der Waals surface area contributed by atoms with E-state index in [-0.39, 0.29) is 0 Å². The van der Waals surface area contributed by atoms with Crippen LogP contribution in [0.5, 0.6) is 0 Å². The smallest absolute Gasteiger partial charge is 0.00704 e. The SMILES string of the molecule is CCC1CCCC(NC2CCC(SC)CC2)CC1. The van der Waals surface area contributed by atoms with Crippen molar-refractivity contribution in [1.82, 2.24) is 5.32 Å². The molecule has 2 aliphatic carbocycles. The molecular formula is C16H31NS. The van der Waals surface area contributed by atoms with Crippen LogP contribution in [0.2, 0.25) is 0 Å². The molecule has 0 radical (unpaired) electrons. The average molecular weight is 269 g/mol. The summed E-state index contributed by atoms with van der Waals surface area (Å²) >= 11 is 2.07. The molecular weight excluding hydrogens is 238 g/mol. The Hall–Kier alpha value is 0.310. The van der Waals surface area contributed by atoms with Gasteiger partial charge in [-0.25, -0.2) is 0 Å². The lowest BCUT2D eigenvalue weighted by Gasteiger charge is -2.31. The van der Waals surface area contributed by atoms with Gasteiger partial charge in [0.05, 0.1) is 0 Å². The van der Waals surface area contributed by atoms with Crippen molar-refractivity contribution < 1.29 is 0 Å². The van der Waals surface area contributed by atoms with Crippen LogP contribution in [-0.4, -0.2) is 23.6 Å². The van der Waals surface area contributed by atoms with Gasteiger partial charge in [-0.3, -0.25) is 0 Å². The lowest BCUT2D eigenvalue weighted by atomic mass is 9.93. The Morgan fingerprint density at radius 1 is 0.889 bits per heavy atom. The van der Waals surface area contributed by atoms with Crippen LogP contribution in [0, 0.1) is 5.92 Å². The van der Waals surface area contributed by atoms with E-state index in [9.17, 15) is 0 Å². The summed E-state index contributed by atoms with van der Waals surface area (Å²) in [5, 5.41) is 4.92. The van der Waals surface area contributed by atoms with Gasteiger partial charge in [-0.05, 0) is 57.1 Å². The van der Waals surface area contributed by atoms with Gasteiger partial charge in [0.1, 0.15) is 0 Å². The molecule has 0 spiro atoms. The van der Waals surface area contributed by atoms with E-state index in [4.69, 9.17) is 0 Å². The van der Waals surface area contributed by atoms with Gasteiger partial charge in [0.25, 0.3) is 0 Å². The summed E-state index contributed by atoms with van der Waals surface area (Å²) in [5.74, 6) is 1.02. The van der Waals surface area contributed by atoms with Crippen molar-refractivity contribution in [3.05, 3.63) is 0 Å². The van der Waals surface area contributed by atoms with Gasteiger partial charge in [0, 0.05) is 17.3 Å². The van der Waals surface area contributed by atoms with Crippen LogP contribution < -0.4 is 5.32 Å². The van der Waals surface area contributed by atoms with Crippen molar-refractivity contribution in [2.75, 3.05) is 6.26 Å². The molecule has 0 aliphatic heterocycles. The molecule has 0 heterocycles. The molecule has 0 amide bonds. The molecule has 0 bridgehead atoms. The second-order valence-electron chi connectivity index (χ2n) is 6.36. The van der Waals surface area contributed by atoms with Crippen molar-refractivity contribution in [2.24, 2.45) is 5.92 Å². The third-order valence-corrected chi connectivity index (χ3v) is 6.28. The van der Waals surface area contributed by atoms with Gasteiger partial charge >= 0.3 is 0 Å². The van der Waals surface area contributed by atoms with Crippen LogP contribution in [0.15, 0.2) is 0 Å². The standard InChI is InChI=1S/C16H31NS/c1-3-13-5-4-6-14(8-7-13)17-15-9-11-16(18-2)12-10-15/h13-17H,3-12H2,1-2H3. The zero-order valence-corrected chi connectivity index (χ0v) is 13.1. The third-order valence-electron chi connectivity index (χ3n) is 5.14. The monoisotopic (exact) mass is 269 g/mol. The van der Waals surface area contributed by atoms with Crippen molar-refractivity contribution in [1.29, 1.82) is 0 Å². The molecule has 2 saturated carbocycles. The molecule has 0 aromatic carbocycles. The molecule has 2 heteroatoms. The highest BCUT2D eigenvalue weighted by molar-refractivity contribution is 7.99. The minimum absolute atomic E-state index is 0.830. The first-order chi connectivity index (χ1) is 8.81. The van der Waals surface area contributed by atoms with Crippen LogP contribution in [-0.2, 0) is 0 Å². The third kappa shape index (κ3) is 4.45. The largest absolute Gasteiger partial charge is 0.311 e. The predicted molar refractivity (Wildman–Crippen MR) is 83.3 cm³/mol. The molecule has 0 aromatic heterocycles. The zero-order valence-electron chi connectivity index (χ0n) is 12.3. The summed E-state index contributed by atoms with van der Waals surface area (Å²) < 4.78 is 0.